The number of fused-ring (bicyclic) bond motifs is 1. The van der Waals surface area contributed by atoms with Crippen molar-refractivity contribution in [2.75, 3.05) is 6.54 Å². The maximum absolute atomic E-state index is 12.5. The van der Waals surface area contributed by atoms with Crippen molar-refractivity contribution in [1.29, 1.82) is 0 Å². The molecule has 0 fully saturated rings. The van der Waals surface area contributed by atoms with Crippen LogP contribution < -0.4 is 5.32 Å². The van der Waals surface area contributed by atoms with Gasteiger partial charge in [-0.2, -0.15) is 0 Å². The van der Waals surface area contributed by atoms with E-state index >= 15 is 0 Å². The summed E-state index contributed by atoms with van der Waals surface area (Å²) in [6, 6.07) is 5.06. The lowest BCUT2D eigenvalue weighted by molar-refractivity contribution is 0.0686. The Morgan fingerprint density at radius 1 is 0.808 bits per heavy atom. The van der Waals surface area contributed by atoms with Crippen molar-refractivity contribution in [3.63, 3.8) is 0 Å². The molecule has 0 bridgehead atoms. The molecule has 3 N–H and O–H groups in total. The highest BCUT2D eigenvalue weighted by Crippen LogP contribution is 2.31. The zero-order valence-electron chi connectivity index (χ0n) is 14.5. The number of rotatable bonds is 7. The number of Topliss-reactive ketones (excluding diaryl/α,β-unsaturated/α-hetero) is 1. The van der Waals surface area contributed by atoms with E-state index in [0.717, 1.165) is 0 Å². The molecule has 0 unspecified atom stereocenters. The van der Waals surface area contributed by atoms with E-state index in [1.54, 1.807) is 6.92 Å². The average molecular weight is 357 g/mol. The fourth-order valence-electron chi connectivity index (χ4n) is 2.89. The molecule has 2 aromatic carbocycles. The van der Waals surface area contributed by atoms with E-state index in [1.165, 1.54) is 24.3 Å². The lowest BCUT2D eigenvalue weighted by atomic mass is 9.89. The zero-order valence-corrected chi connectivity index (χ0v) is 14.5. The summed E-state index contributed by atoms with van der Waals surface area (Å²) < 4.78 is 0. The number of benzene rings is 2. The van der Waals surface area contributed by atoms with Crippen LogP contribution in [-0.4, -0.2) is 40.4 Å². The third-order valence-corrected chi connectivity index (χ3v) is 3.98. The molecule has 0 saturated heterocycles. The molecule has 0 radical (unpaired) electrons. The molecule has 0 aliphatic heterocycles. The van der Waals surface area contributed by atoms with E-state index in [4.69, 9.17) is 0 Å². The standard InChI is InChI=1S/C19H19NO6/c1-3-5-14(21)10-6-8-13(19(25)26)16-11(17(22)20-4-2)7-9-12(15(10)16)18(23)24/h6-9H,3-5H2,1-2H3,(H,20,22)(H,23,24)(H,25,26). The van der Waals surface area contributed by atoms with Crippen LogP contribution in [0.1, 0.15) is 68.1 Å². The fourth-order valence-corrected chi connectivity index (χ4v) is 2.89. The van der Waals surface area contributed by atoms with Gasteiger partial charge in [-0.25, -0.2) is 9.59 Å². The number of hydrogen-bond donors (Lipinski definition) is 3. The van der Waals surface area contributed by atoms with E-state index in [2.05, 4.69) is 5.32 Å². The van der Waals surface area contributed by atoms with Gasteiger partial charge in [0.05, 0.1) is 11.1 Å². The van der Waals surface area contributed by atoms with Gasteiger partial charge in [0, 0.05) is 34.9 Å². The van der Waals surface area contributed by atoms with Crippen LogP contribution in [0, 0.1) is 0 Å². The molecule has 2 aromatic rings. The lowest BCUT2D eigenvalue weighted by Crippen LogP contribution is -2.24. The molecule has 0 saturated carbocycles. The molecule has 0 spiro atoms. The summed E-state index contributed by atoms with van der Waals surface area (Å²) in [5.41, 5.74) is -0.307. The summed E-state index contributed by atoms with van der Waals surface area (Å²) >= 11 is 0. The van der Waals surface area contributed by atoms with Crippen molar-refractivity contribution in [2.45, 2.75) is 26.7 Å². The highest BCUT2D eigenvalue weighted by Gasteiger charge is 2.24. The number of hydrogen-bond acceptors (Lipinski definition) is 4. The predicted molar refractivity (Wildman–Crippen MR) is 95.1 cm³/mol. The summed E-state index contributed by atoms with van der Waals surface area (Å²) in [7, 11) is 0. The molecule has 0 aliphatic carbocycles. The number of nitrogens with one attached hydrogen (secondary N) is 1. The Hall–Kier alpha value is -3.22. The summed E-state index contributed by atoms with van der Waals surface area (Å²) in [6.07, 6.45) is 0.741. The summed E-state index contributed by atoms with van der Waals surface area (Å²) in [5.74, 6) is -3.44. The second-order valence-corrected chi connectivity index (χ2v) is 5.71. The van der Waals surface area contributed by atoms with Gasteiger partial charge in [-0.1, -0.05) is 6.92 Å². The van der Waals surface area contributed by atoms with Gasteiger partial charge < -0.3 is 15.5 Å². The van der Waals surface area contributed by atoms with Gasteiger partial charge >= 0.3 is 11.9 Å². The first-order valence-corrected chi connectivity index (χ1v) is 8.21. The van der Waals surface area contributed by atoms with E-state index in [-0.39, 0.29) is 45.2 Å². The Labute approximate surface area is 149 Å². The van der Waals surface area contributed by atoms with Gasteiger partial charge in [-0.05, 0) is 37.6 Å². The van der Waals surface area contributed by atoms with Crippen molar-refractivity contribution in [1.82, 2.24) is 5.32 Å². The Morgan fingerprint density at radius 2 is 1.27 bits per heavy atom. The minimum Gasteiger partial charge on any atom is -0.478 e. The third-order valence-electron chi connectivity index (χ3n) is 3.98. The van der Waals surface area contributed by atoms with Crippen LogP contribution in [0.25, 0.3) is 10.8 Å². The number of aromatic carboxylic acids is 2. The second kappa shape index (κ2) is 7.77. The van der Waals surface area contributed by atoms with Gasteiger partial charge in [-0.3, -0.25) is 9.59 Å². The van der Waals surface area contributed by atoms with E-state index in [9.17, 15) is 29.4 Å². The van der Waals surface area contributed by atoms with Gasteiger partial charge in [0.15, 0.2) is 5.78 Å². The molecule has 0 aliphatic rings. The normalized spacial score (nSPS) is 10.5. The van der Waals surface area contributed by atoms with Gasteiger partial charge in [0.25, 0.3) is 5.91 Å². The van der Waals surface area contributed by atoms with E-state index < -0.39 is 17.8 Å². The van der Waals surface area contributed by atoms with Crippen molar-refractivity contribution >= 4 is 34.4 Å². The molecular weight excluding hydrogens is 338 g/mol. The molecular formula is C19H19NO6. The Bertz CT molecular complexity index is 841. The molecule has 0 heterocycles. The van der Waals surface area contributed by atoms with Crippen LogP contribution in [0.2, 0.25) is 0 Å². The summed E-state index contributed by atoms with van der Waals surface area (Å²) in [5, 5.41) is 21.6. The number of carboxylic acids is 2. The quantitative estimate of drug-likeness (QED) is 0.655. The molecule has 7 heteroatoms. The number of carboxylic acid groups (broad SMARTS) is 2. The smallest absolute Gasteiger partial charge is 0.336 e. The topological polar surface area (TPSA) is 121 Å². The number of amides is 1. The number of ketones is 1. The third kappa shape index (κ3) is 3.42. The van der Waals surface area contributed by atoms with Gasteiger partial charge in [0.1, 0.15) is 0 Å². The van der Waals surface area contributed by atoms with Crippen molar-refractivity contribution in [3.05, 3.63) is 46.5 Å². The summed E-state index contributed by atoms with van der Waals surface area (Å²) in [4.78, 5) is 48.2. The molecule has 7 nitrogen and oxygen atoms in total. The Balaban J connectivity index is 3.01. The van der Waals surface area contributed by atoms with E-state index in [0.29, 0.717) is 13.0 Å². The first-order chi connectivity index (χ1) is 12.3. The molecule has 136 valence electrons. The van der Waals surface area contributed by atoms with Crippen molar-refractivity contribution in [3.8, 4) is 0 Å². The van der Waals surface area contributed by atoms with Crippen LogP contribution in [0.4, 0.5) is 0 Å². The first-order valence-electron chi connectivity index (χ1n) is 8.21. The zero-order chi connectivity index (χ0) is 19.4. The minimum absolute atomic E-state index is 0.0143. The van der Waals surface area contributed by atoms with Gasteiger partial charge in [-0.15, -0.1) is 0 Å². The highest BCUT2D eigenvalue weighted by molar-refractivity contribution is 6.23. The average Bonchev–Trinajstić information content (AvgIpc) is 2.59. The van der Waals surface area contributed by atoms with Crippen LogP contribution in [0.15, 0.2) is 24.3 Å². The van der Waals surface area contributed by atoms with E-state index in [1.807, 2.05) is 6.92 Å². The predicted octanol–water partition coefficient (Wildman–Crippen LogP) is 2.97. The minimum atomic E-state index is -1.31. The molecule has 2 rings (SSSR count). The second-order valence-electron chi connectivity index (χ2n) is 5.71. The SMILES string of the molecule is CCCC(=O)c1ccc(C(=O)O)c2c(C(=O)NCC)ccc(C(=O)O)c12. The first kappa shape index (κ1) is 19.1. The number of carbonyl (C=O) groups excluding carboxylic acids is 2. The molecule has 1 amide bonds. The largest absolute Gasteiger partial charge is 0.478 e. The van der Waals surface area contributed by atoms with Crippen LogP contribution >= 0.6 is 0 Å². The molecule has 0 atom stereocenters. The molecule has 26 heavy (non-hydrogen) atoms. The fraction of sp³-hybridized carbons (Fsp3) is 0.263. The maximum atomic E-state index is 12.5. The summed E-state index contributed by atoms with van der Waals surface area (Å²) in [6.45, 7) is 3.84. The van der Waals surface area contributed by atoms with Crippen LogP contribution in [0.3, 0.4) is 0 Å². The van der Waals surface area contributed by atoms with Crippen LogP contribution in [-0.2, 0) is 0 Å². The molecule has 0 aromatic heterocycles. The van der Waals surface area contributed by atoms with Crippen molar-refractivity contribution < 1.29 is 29.4 Å². The lowest BCUT2D eigenvalue weighted by Gasteiger charge is -2.15. The number of carbonyl (C=O) groups is 4. The Kier molecular flexibility index (Phi) is 5.71. The van der Waals surface area contributed by atoms with Crippen molar-refractivity contribution in [2.24, 2.45) is 0 Å². The maximum Gasteiger partial charge on any atom is 0.336 e. The highest BCUT2D eigenvalue weighted by atomic mass is 16.4. The monoisotopic (exact) mass is 357 g/mol. The van der Waals surface area contributed by atoms with Crippen LogP contribution in [0.5, 0.6) is 0 Å². The van der Waals surface area contributed by atoms with Gasteiger partial charge in [0.2, 0.25) is 0 Å². The Morgan fingerprint density at radius 3 is 1.73 bits per heavy atom.